The average Bonchev–Trinajstić information content (AvgIpc) is 2.97. The van der Waals surface area contributed by atoms with Crippen molar-refractivity contribution in [1.29, 1.82) is 0 Å². The van der Waals surface area contributed by atoms with Gasteiger partial charge < -0.3 is 20.3 Å². The smallest absolute Gasteiger partial charge is 0.312 e. The Labute approximate surface area is 140 Å². The first-order valence-corrected chi connectivity index (χ1v) is 7.69. The molecular formula is C18H21NO5. The second-order valence-corrected chi connectivity index (χ2v) is 5.42. The van der Waals surface area contributed by atoms with E-state index in [1.165, 1.54) is 6.08 Å². The molecule has 2 rings (SSSR count). The van der Waals surface area contributed by atoms with Crippen LogP contribution in [0.25, 0.3) is 6.08 Å². The zero-order chi connectivity index (χ0) is 17.5. The van der Waals surface area contributed by atoms with Gasteiger partial charge in [0.1, 0.15) is 18.4 Å². The zero-order valence-electron chi connectivity index (χ0n) is 13.2. The van der Waals surface area contributed by atoms with E-state index in [1.54, 1.807) is 12.2 Å². The van der Waals surface area contributed by atoms with Crippen molar-refractivity contribution in [3.05, 3.63) is 54.6 Å². The zero-order valence-corrected chi connectivity index (χ0v) is 13.2. The highest BCUT2D eigenvalue weighted by Gasteiger charge is 2.51. The fraction of sp³-hybridized carbons (Fsp3) is 0.333. The van der Waals surface area contributed by atoms with Gasteiger partial charge >= 0.3 is 11.9 Å². The summed E-state index contributed by atoms with van der Waals surface area (Å²) in [7, 11) is 0. The minimum atomic E-state index is -1.12. The molecule has 0 aromatic heterocycles. The topological polar surface area (TPSA) is 98.9 Å². The third kappa shape index (κ3) is 4.10. The lowest BCUT2D eigenvalue weighted by molar-refractivity contribution is -0.156. The lowest BCUT2D eigenvalue weighted by Crippen LogP contribution is -2.36. The number of carbonyl (C=O) groups is 2. The summed E-state index contributed by atoms with van der Waals surface area (Å²) in [4.78, 5) is 23.9. The summed E-state index contributed by atoms with van der Waals surface area (Å²) in [5.74, 6) is -3.74. The van der Waals surface area contributed by atoms with Crippen LogP contribution in [-0.4, -0.2) is 42.4 Å². The first-order valence-electron chi connectivity index (χ1n) is 7.69. The number of carboxylic acid groups (broad SMARTS) is 1. The van der Waals surface area contributed by atoms with Crippen LogP contribution in [-0.2, 0) is 19.1 Å². The normalized spacial score (nSPS) is 26.4. The minimum Gasteiger partial charge on any atom is -0.481 e. The molecule has 128 valence electrons. The second kappa shape index (κ2) is 8.42. The standard InChI is InChI=1S/C18H21NO5/c1-2-13-15(17(20)21)16(18(22)23-11-10-19)14(24-13)9-8-12-6-4-3-5-7-12/h2-9,13-16H,1,10-11,19H2,(H,20,21)/t13-,14+,15-,16+/m0/s1. The fourth-order valence-corrected chi connectivity index (χ4v) is 2.73. The van der Waals surface area contributed by atoms with Crippen LogP contribution in [0, 0.1) is 11.8 Å². The van der Waals surface area contributed by atoms with E-state index in [9.17, 15) is 14.7 Å². The minimum absolute atomic E-state index is 0.0372. The second-order valence-electron chi connectivity index (χ2n) is 5.42. The lowest BCUT2D eigenvalue weighted by atomic mass is 9.86. The highest BCUT2D eigenvalue weighted by Crippen LogP contribution is 2.35. The number of rotatable bonds is 7. The van der Waals surface area contributed by atoms with Crippen molar-refractivity contribution >= 4 is 18.0 Å². The summed E-state index contributed by atoms with van der Waals surface area (Å²) < 4.78 is 10.8. The maximum Gasteiger partial charge on any atom is 0.312 e. The number of carbonyl (C=O) groups excluding carboxylic acids is 1. The highest BCUT2D eigenvalue weighted by atomic mass is 16.5. The predicted octanol–water partition coefficient (Wildman–Crippen LogP) is 1.47. The molecule has 0 radical (unpaired) electrons. The average molecular weight is 331 g/mol. The van der Waals surface area contributed by atoms with Gasteiger partial charge in [0.25, 0.3) is 0 Å². The van der Waals surface area contributed by atoms with E-state index in [0.717, 1.165) is 5.56 Å². The molecule has 1 aliphatic heterocycles. The molecule has 0 aliphatic carbocycles. The number of esters is 1. The van der Waals surface area contributed by atoms with Crippen LogP contribution in [0.4, 0.5) is 0 Å². The van der Waals surface area contributed by atoms with Crippen molar-refractivity contribution in [2.45, 2.75) is 12.2 Å². The van der Waals surface area contributed by atoms with E-state index in [-0.39, 0.29) is 13.2 Å². The van der Waals surface area contributed by atoms with Crippen LogP contribution in [0.2, 0.25) is 0 Å². The Hall–Kier alpha value is -2.44. The van der Waals surface area contributed by atoms with E-state index in [2.05, 4.69) is 6.58 Å². The third-order valence-electron chi connectivity index (χ3n) is 3.84. The van der Waals surface area contributed by atoms with Crippen LogP contribution in [0.3, 0.4) is 0 Å². The molecule has 1 heterocycles. The Morgan fingerprint density at radius 2 is 1.96 bits per heavy atom. The molecule has 1 saturated heterocycles. The van der Waals surface area contributed by atoms with Gasteiger partial charge in [-0.3, -0.25) is 9.59 Å². The van der Waals surface area contributed by atoms with Crippen LogP contribution in [0.1, 0.15) is 5.56 Å². The van der Waals surface area contributed by atoms with Crippen molar-refractivity contribution in [3.8, 4) is 0 Å². The molecule has 24 heavy (non-hydrogen) atoms. The van der Waals surface area contributed by atoms with Crippen LogP contribution < -0.4 is 5.73 Å². The first kappa shape index (κ1) is 17.9. The van der Waals surface area contributed by atoms with Crippen molar-refractivity contribution in [3.63, 3.8) is 0 Å². The van der Waals surface area contributed by atoms with Crippen LogP contribution in [0.5, 0.6) is 0 Å². The van der Waals surface area contributed by atoms with Crippen molar-refractivity contribution in [2.24, 2.45) is 17.6 Å². The van der Waals surface area contributed by atoms with Gasteiger partial charge in [0, 0.05) is 6.54 Å². The predicted molar refractivity (Wildman–Crippen MR) is 89.0 cm³/mol. The molecular weight excluding hydrogens is 310 g/mol. The van der Waals surface area contributed by atoms with Gasteiger partial charge in [0.2, 0.25) is 0 Å². The SMILES string of the molecule is C=C[C@@H]1O[C@H](C=Cc2ccccc2)[C@@H](C(=O)OCCN)[C@H]1C(=O)O. The van der Waals surface area contributed by atoms with E-state index in [1.807, 2.05) is 30.3 Å². The number of benzene rings is 1. The summed E-state index contributed by atoms with van der Waals surface area (Å²) in [6.45, 7) is 3.81. The molecule has 1 aromatic rings. The number of hydrogen-bond acceptors (Lipinski definition) is 5. The first-order chi connectivity index (χ1) is 11.6. The summed E-state index contributed by atoms with van der Waals surface area (Å²) in [5, 5.41) is 9.48. The number of nitrogens with two attached hydrogens (primary N) is 1. The Balaban J connectivity index is 2.25. The maximum atomic E-state index is 12.3. The molecule has 0 saturated carbocycles. The number of ether oxygens (including phenoxy) is 2. The number of hydrogen-bond donors (Lipinski definition) is 2. The Kier molecular flexibility index (Phi) is 6.28. The molecule has 1 aromatic carbocycles. The fourth-order valence-electron chi connectivity index (χ4n) is 2.73. The largest absolute Gasteiger partial charge is 0.481 e. The highest BCUT2D eigenvalue weighted by molar-refractivity contribution is 5.83. The van der Waals surface area contributed by atoms with Crippen LogP contribution >= 0.6 is 0 Å². The quantitative estimate of drug-likeness (QED) is 0.580. The molecule has 4 atom stereocenters. The molecule has 0 bridgehead atoms. The van der Waals surface area contributed by atoms with Gasteiger partial charge in [0.05, 0.1) is 12.2 Å². The van der Waals surface area contributed by atoms with Gasteiger partial charge in [0.15, 0.2) is 0 Å². The molecule has 0 amide bonds. The van der Waals surface area contributed by atoms with E-state index < -0.39 is 36.0 Å². The summed E-state index contributed by atoms with van der Waals surface area (Å²) in [6.07, 6.45) is 3.41. The Bertz CT molecular complexity index is 613. The van der Waals surface area contributed by atoms with Gasteiger partial charge in [-0.1, -0.05) is 48.6 Å². The van der Waals surface area contributed by atoms with Crippen LogP contribution in [0.15, 0.2) is 49.1 Å². The van der Waals surface area contributed by atoms with Crippen molar-refractivity contribution in [1.82, 2.24) is 0 Å². The van der Waals surface area contributed by atoms with Gasteiger partial charge in [-0.05, 0) is 5.56 Å². The van der Waals surface area contributed by atoms with Gasteiger partial charge in [-0.15, -0.1) is 6.58 Å². The summed E-state index contributed by atoms with van der Waals surface area (Å²) in [5.41, 5.74) is 6.26. The third-order valence-corrected chi connectivity index (χ3v) is 3.84. The van der Waals surface area contributed by atoms with E-state index in [0.29, 0.717) is 0 Å². The maximum absolute atomic E-state index is 12.3. The Morgan fingerprint density at radius 3 is 2.54 bits per heavy atom. The summed E-state index contributed by atoms with van der Waals surface area (Å²) in [6, 6.07) is 9.45. The molecule has 1 fully saturated rings. The molecule has 0 spiro atoms. The van der Waals surface area contributed by atoms with E-state index in [4.69, 9.17) is 15.2 Å². The monoisotopic (exact) mass is 331 g/mol. The van der Waals surface area contributed by atoms with Gasteiger partial charge in [-0.2, -0.15) is 0 Å². The summed E-state index contributed by atoms with van der Waals surface area (Å²) >= 11 is 0. The van der Waals surface area contributed by atoms with E-state index >= 15 is 0 Å². The molecule has 3 N–H and O–H groups in total. The van der Waals surface area contributed by atoms with Gasteiger partial charge in [-0.25, -0.2) is 0 Å². The molecule has 0 unspecified atom stereocenters. The molecule has 1 aliphatic rings. The number of aliphatic carboxylic acids is 1. The Morgan fingerprint density at radius 1 is 1.25 bits per heavy atom. The van der Waals surface area contributed by atoms with Crippen molar-refractivity contribution in [2.75, 3.05) is 13.2 Å². The molecule has 6 nitrogen and oxygen atoms in total. The lowest BCUT2D eigenvalue weighted by Gasteiger charge is -2.17. The van der Waals surface area contributed by atoms with Crippen molar-refractivity contribution < 1.29 is 24.2 Å². The number of carboxylic acids is 1. The molecule has 6 heteroatoms.